The molecule has 3 heteroatoms. The maximum atomic E-state index is 13.4. The summed E-state index contributed by atoms with van der Waals surface area (Å²) in [6.07, 6.45) is 1.16. The van der Waals surface area contributed by atoms with E-state index >= 15 is 0 Å². The minimum absolute atomic E-state index is 0.229. The van der Waals surface area contributed by atoms with Gasteiger partial charge in [0.05, 0.1) is 5.69 Å². The van der Waals surface area contributed by atoms with Gasteiger partial charge < -0.3 is 0 Å². The third kappa shape index (κ3) is 1.66. The summed E-state index contributed by atoms with van der Waals surface area (Å²) in [6, 6.07) is 5.37. The largest absolute Gasteiger partial charge is 0.243 e. The van der Waals surface area contributed by atoms with Crippen LogP contribution < -0.4 is 0 Å². The average molecular weight is 230 g/mol. The van der Waals surface area contributed by atoms with E-state index in [1.54, 1.807) is 6.07 Å². The fraction of sp³-hybridized carbons (Fsp3) is 0.444. The van der Waals surface area contributed by atoms with E-state index in [4.69, 9.17) is 0 Å². The van der Waals surface area contributed by atoms with Gasteiger partial charge in [-0.25, -0.2) is 9.37 Å². The van der Waals surface area contributed by atoms with Gasteiger partial charge in [-0.2, -0.15) is 0 Å². The number of hydrogen-bond donors (Lipinski definition) is 0. The average Bonchev–Trinajstić information content (AvgIpc) is 2.85. The number of hydrogen-bond acceptors (Lipinski definition) is 1. The Balaban J connectivity index is 2.20. The van der Waals surface area contributed by atoms with Crippen LogP contribution in [0.1, 0.15) is 24.7 Å². The third-order valence-electron chi connectivity index (χ3n) is 2.06. The van der Waals surface area contributed by atoms with Gasteiger partial charge in [0.25, 0.3) is 0 Å². The number of alkyl halides is 1. The Morgan fingerprint density at radius 2 is 2.25 bits per heavy atom. The highest BCUT2D eigenvalue weighted by Gasteiger charge is 2.33. The van der Waals surface area contributed by atoms with E-state index in [0.717, 1.165) is 12.8 Å². The Hall–Kier alpha value is -0.440. The summed E-state index contributed by atoms with van der Waals surface area (Å²) in [5.74, 6) is 0.229. The van der Waals surface area contributed by atoms with Crippen LogP contribution in [0.15, 0.2) is 22.8 Å². The Labute approximate surface area is 79.1 Å². The smallest absolute Gasteiger partial charge is 0.145 e. The number of nitrogens with zero attached hydrogens (tertiary/aromatic N) is 1. The summed E-state index contributed by atoms with van der Waals surface area (Å²) < 4.78 is 14.1. The molecule has 1 aromatic rings. The second kappa shape index (κ2) is 3.13. The SMILES string of the molecule is FC(c1cccc(Br)n1)C1CC1. The predicted octanol–water partition coefficient (Wildman–Crippen LogP) is 3.26. The van der Waals surface area contributed by atoms with Gasteiger partial charge >= 0.3 is 0 Å². The molecule has 1 aliphatic rings. The zero-order valence-electron chi connectivity index (χ0n) is 6.50. The molecule has 1 nitrogen and oxygen atoms in total. The molecule has 2 rings (SSSR count). The van der Waals surface area contributed by atoms with Crippen LogP contribution in [-0.4, -0.2) is 4.98 Å². The highest BCUT2D eigenvalue weighted by atomic mass is 79.9. The molecular weight excluding hydrogens is 221 g/mol. The van der Waals surface area contributed by atoms with E-state index in [0.29, 0.717) is 10.3 Å². The summed E-state index contributed by atoms with van der Waals surface area (Å²) in [7, 11) is 0. The molecule has 0 spiro atoms. The fourth-order valence-corrected chi connectivity index (χ4v) is 1.57. The lowest BCUT2D eigenvalue weighted by Crippen LogP contribution is -1.96. The lowest BCUT2D eigenvalue weighted by Gasteiger charge is -2.04. The van der Waals surface area contributed by atoms with Crippen molar-refractivity contribution in [3.05, 3.63) is 28.5 Å². The van der Waals surface area contributed by atoms with Gasteiger partial charge in [-0.15, -0.1) is 0 Å². The van der Waals surface area contributed by atoms with E-state index in [9.17, 15) is 4.39 Å². The lowest BCUT2D eigenvalue weighted by atomic mass is 10.2. The maximum Gasteiger partial charge on any atom is 0.145 e. The van der Waals surface area contributed by atoms with Crippen molar-refractivity contribution < 1.29 is 4.39 Å². The quantitative estimate of drug-likeness (QED) is 0.710. The summed E-state index contributed by atoms with van der Waals surface area (Å²) >= 11 is 3.22. The molecule has 1 aliphatic carbocycles. The van der Waals surface area contributed by atoms with E-state index in [1.165, 1.54) is 0 Å². The van der Waals surface area contributed by atoms with E-state index in [-0.39, 0.29) is 5.92 Å². The standard InChI is InChI=1S/C9H9BrFN/c10-8-3-1-2-7(12-8)9(11)6-4-5-6/h1-3,6,9H,4-5H2. The molecule has 12 heavy (non-hydrogen) atoms. The van der Waals surface area contributed by atoms with Gasteiger partial charge in [0.2, 0.25) is 0 Å². The molecule has 0 aliphatic heterocycles. The topological polar surface area (TPSA) is 12.9 Å². The number of pyridine rings is 1. The van der Waals surface area contributed by atoms with Crippen molar-refractivity contribution in [1.82, 2.24) is 4.98 Å². The van der Waals surface area contributed by atoms with Crippen molar-refractivity contribution >= 4 is 15.9 Å². The van der Waals surface area contributed by atoms with Crippen molar-refractivity contribution in [2.75, 3.05) is 0 Å². The zero-order chi connectivity index (χ0) is 8.55. The number of halogens is 2. The maximum absolute atomic E-state index is 13.4. The van der Waals surface area contributed by atoms with Gasteiger partial charge in [-0.1, -0.05) is 6.07 Å². The van der Waals surface area contributed by atoms with Crippen molar-refractivity contribution in [2.45, 2.75) is 19.0 Å². The Bertz CT molecular complexity index is 286. The molecule has 0 amide bonds. The first-order valence-corrected chi connectivity index (χ1v) is 4.83. The van der Waals surface area contributed by atoms with Crippen molar-refractivity contribution in [3.63, 3.8) is 0 Å². The monoisotopic (exact) mass is 229 g/mol. The van der Waals surface area contributed by atoms with E-state index < -0.39 is 6.17 Å². The molecule has 1 saturated carbocycles. The predicted molar refractivity (Wildman–Crippen MR) is 48.5 cm³/mol. The molecule has 0 aromatic carbocycles. The first-order chi connectivity index (χ1) is 5.77. The normalized spacial score (nSPS) is 19.2. The van der Waals surface area contributed by atoms with Gasteiger partial charge in [-0.05, 0) is 46.8 Å². The highest BCUT2D eigenvalue weighted by molar-refractivity contribution is 9.10. The molecule has 1 unspecified atom stereocenters. The first-order valence-electron chi connectivity index (χ1n) is 4.04. The Kier molecular flexibility index (Phi) is 2.13. The van der Waals surface area contributed by atoms with Gasteiger partial charge in [-0.3, -0.25) is 0 Å². The van der Waals surface area contributed by atoms with Gasteiger partial charge in [0, 0.05) is 0 Å². The van der Waals surface area contributed by atoms with Crippen molar-refractivity contribution in [2.24, 2.45) is 5.92 Å². The summed E-state index contributed by atoms with van der Waals surface area (Å²) in [5, 5.41) is 0. The molecular formula is C9H9BrFN. The minimum Gasteiger partial charge on any atom is -0.243 e. The fourth-order valence-electron chi connectivity index (χ4n) is 1.21. The number of rotatable bonds is 2. The van der Waals surface area contributed by atoms with E-state index in [2.05, 4.69) is 20.9 Å². The van der Waals surface area contributed by atoms with Gasteiger partial charge in [0.15, 0.2) is 0 Å². The molecule has 1 heterocycles. The first kappa shape index (κ1) is 8.17. The zero-order valence-corrected chi connectivity index (χ0v) is 8.09. The number of aromatic nitrogens is 1. The molecule has 0 radical (unpaired) electrons. The van der Waals surface area contributed by atoms with Gasteiger partial charge in [0.1, 0.15) is 10.8 Å². The second-order valence-corrected chi connectivity index (χ2v) is 3.94. The Morgan fingerprint density at radius 3 is 2.83 bits per heavy atom. The van der Waals surface area contributed by atoms with Crippen molar-refractivity contribution in [3.8, 4) is 0 Å². The summed E-state index contributed by atoms with van der Waals surface area (Å²) in [4.78, 5) is 4.08. The molecule has 1 aromatic heterocycles. The van der Waals surface area contributed by atoms with Crippen molar-refractivity contribution in [1.29, 1.82) is 0 Å². The molecule has 0 bridgehead atoms. The molecule has 64 valence electrons. The molecule has 0 saturated heterocycles. The summed E-state index contributed by atoms with van der Waals surface area (Å²) in [6.45, 7) is 0. The highest BCUT2D eigenvalue weighted by Crippen LogP contribution is 2.42. The molecule has 1 fully saturated rings. The summed E-state index contributed by atoms with van der Waals surface area (Å²) in [5.41, 5.74) is 0.562. The van der Waals surface area contributed by atoms with Crippen LogP contribution in [0.5, 0.6) is 0 Å². The van der Waals surface area contributed by atoms with Crippen LogP contribution in [-0.2, 0) is 0 Å². The van der Waals surface area contributed by atoms with Crippen LogP contribution in [0.3, 0.4) is 0 Å². The Morgan fingerprint density at radius 1 is 1.50 bits per heavy atom. The lowest BCUT2D eigenvalue weighted by molar-refractivity contribution is 0.298. The van der Waals surface area contributed by atoms with Crippen LogP contribution in [0.4, 0.5) is 4.39 Å². The van der Waals surface area contributed by atoms with Crippen LogP contribution in [0.2, 0.25) is 0 Å². The molecule has 0 N–H and O–H groups in total. The van der Waals surface area contributed by atoms with Crippen LogP contribution in [0, 0.1) is 5.92 Å². The third-order valence-corrected chi connectivity index (χ3v) is 2.50. The minimum atomic E-state index is -0.859. The van der Waals surface area contributed by atoms with Crippen LogP contribution >= 0.6 is 15.9 Å². The molecule has 1 atom stereocenters. The van der Waals surface area contributed by atoms with E-state index in [1.807, 2.05) is 12.1 Å². The second-order valence-electron chi connectivity index (χ2n) is 3.12. The van der Waals surface area contributed by atoms with Crippen LogP contribution in [0.25, 0.3) is 0 Å².